The number of piperazine rings is 1. The standard InChI is InChI=1S/C14H16ClFN2O/c15-11-2-1-3-12(16)13(11)9-8-10(9)14(19)18-6-4-17-5-7-18/h1-3,9-10,17H,4-8H2/t9-,10-/m0/s1. The summed E-state index contributed by atoms with van der Waals surface area (Å²) in [5.41, 5.74) is 0.512. The van der Waals surface area contributed by atoms with Gasteiger partial charge in [0.25, 0.3) is 0 Å². The number of nitrogens with one attached hydrogen (secondary N) is 1. The molecule has 1 amide bonds. The third-order valence-electron chi connectivity index (χ3n) is 3.91. The molecule has 1 N–H and O–H groups in total. The van der Waals surface area contributed by atoms with E-state index in [0.29, 0.717) is 17.0 Å². The van der Waals surface area contributed by atoms with E-state index in [1.165, 1.54) is 6.07 Å². The monoisotopic (exact) mass is 282 g/mol. The number of nitrogens with zero attached hydrogens (tertiary/aromatic N) is 1. The minimum Gasteiger partial charge on any atom is -0.340 e. The molecule has 3 nitrogen and oxygen atoms in total. The van der Waals surface area contributed by atoms with Crippen molar-refractivity contribution in [2.45, 2.75) is 12.3 Å². The second kappa shape index (κ2) is 5.10. The summed E-state index contributed by atoms with van der Waals surface area (Å²) >= 11 is 6.05. The summed E-state index contributed by atoms with van der Waals surface area (Å²) in [7, 11) is 0. The molecule has 19 heavy (non-hydrogen) atoms. The third-order valence-corrected chi connectivity index (χ3v) is 4.24. The quantitative estimate of drug-likeness (QED) is 0.900. The van der Waals surface area contributed by atoms with Crippen LogP contribution in [0.15, 0.2) is 18.2 Å². The highest BCUT2D eigenvalue weighted by Gasteiger charge is 2.47. The predicted octanol–water partition coefficient (Wildman–Crippen LogP) is 2.01. The molecule has 1 saturated carbocycles. The molecule has 5 heteroatoms. The molecule has 1 aliphatic carbocycles. The minimum absolute atomic E-state index is 0.0453. The Hall–Kier alpha value is -1.13. The van der Waals surface area contributed by atoms with Crippen molar-refractivity contribution in [3.63, 3.8) is 0 Å². The lowest BCUT2D eigenvalue weighted by Gasteiger charge is -2.27. The van der Waals surface area contributed by atoms with Crippen LogP contribution in [0.5, 0.6) is 0 Å². The van der Waals surface area contributed by atoms with Crippen LogP contribution in [0.1, 0.15) is 17.9 Å². The van der Waals surface area contributed by atoms with Gasteiger partial charge >= 0.3 is 0 Å². The van der Waals surface area contributed by atoms with Crippen molar-refractivity contribution in [2.75, 3.05) is 26.2 Å². The Kier molecular flexibility index (Phi) is 3.46. The number of rotatable bonds is 2. The maximum absolute atomic E-state index is 13.8. The molecule has 3 rings (SSSR count). The van der Waals surface area contributed by atoms with Crippen molar-refractivity contribution in [3.05, 3.63) is 34.6 Å². The van der Waals surface area contributed by atoms with Gasteiger partial charge in [0.05, 0.1) is 0 Å². The van der Waals surface area contributed by atoms with E-state index in [4.69, 9.17) is 11.6 Å². The summed E-state index contributed by atoms with van der Waals surface area (Å²) in [6.45, 7) is 3.16. The number of hydrogen-bond acceptors (Lipinski definition) is 2. The van der Waals surface area contributed by atoms with Crippen molar-refractivity contribution in [3.8, 4) is 0 Å². The zero-order valence-corrected chi connectivity index (χ0v) is 11.3. The van der Waals surface area contributed by atoms with Crippen LogP contribution in [-0.4, -0.2) is 37.0 Å². The number of benzene rings is 1. The maximum Gasteiger partial charge on any atom is 0.226 e. The smallest absolute Gasteiger partial charge is 0.226 e. The van der Waals surface area contributed by atoms with Gasteiger partial charge in [0, 0.05) is 48.6 Å². The number of amides is 1. The van der Waals surface area contributed by atoms with Gasteiger partial charge in [0.2, 0.25) is 5.91 Å². The molecule has 102 valence electrons. The average Bonchev–Trinajstić information content (AvgIpc) is 3.19. The molecule has 0 bridgehead atoms. The number of carbonyl (C=O) groups is 1. The molecule has 1 heterocycles. The predicted molar refractivity (Wildman–Crippen MR) is 71.7 cm³/mol. The lowest BCUT2D eigenvalue weighted by molar-refractivity contribution is -0.133. The number of hydrogen-bond donors (Lipinski definition) is 1. The van der Waals surface area contributed by atoms with Crippen LogP contribution in [0.25, 0.3) is 0 Å². The van der Waals surface area contributed by atoms with Crippen LogP contribution < -0.4 is 5.32 Å². The highest BCUT2D eigenvalue weighted by molar-refractivity contribution is 6.31. The van der Waals surface area contributed by atoms with E-state index in [0.717, 1.165) is 26.2 Å². The van der Waals surface area contributed by atoms with E-state index in [9.17, 15) is 9.18 Å². The van der Waals surface area contributed by atoms with Gasteiger partial charge in [0.15, 0.2) is 0 Å². The maximum atomic E-state index is 13.8. The zero-order valence-electron chi connectivity index (χ0n) is 10.5. The summed E-state index contributed by atoms with van der Waals surface area (Å²) in [5, 5.41) is 3.65. The Balaban J connectivity index is 1.72. The van der Waals surface area contributed by atoms with Crippen LogP contribution in [-0.2, 0) is 4.79 Å². The average molecular weight is 283 g/mol. The van der Waals surface area contributed by atoms with E-state index in [1.54, 1.807) is 12.1 Å². The first-order valence-corrected chi connectivity index (χ1v) is 6.99. The van der Waals surface area contributed by atoms with E-state index >= 15 is 0 Å². The fourth-order valence-electron chi connectivity index (χ4n) is 2.77. The van der Waals surface area contributed by atoms with Gasteiger partial charge in [-0.05, 0) is 18.6 Å². The van der Waals surface area contributed by atoms with Gasteiger partial charge in [-0.25, -0.2) is 4.39 Å². The van der Waals surface area contributed by atoms with Crippen LogP contribution >= 0.6 is 11.6 Å². The summed E-state index contributed by atoms with van der Waals surface area (Å²) in [4.78, 5) is 14.2. The highest BCUT2D eigenvalue weighted by atomic mass is 35.5. The van der Waals surface area contributed by atoms with E-state index in [2.05, 4.69) is 5.32 Å². The lowest BCUT2D eigenvalue weighted by atomic mass is 10.1. The van der Waals surface area contributed by atoms with E-state index in [1.807, 2.05) is 4.90 Å². The highest BCUT2D eigenvalue weighted by Crippen LogP contribution is 2.51. The molecule has 0 aromatic heterocycles. The Morgan fingerprint density at radius 3 is 2.79 bits per heavy atom. The second-order valence-electron chi connectivity index (χ2n) is 5.16. The van der Waals surface area contributed by atoms with Crippen LogP contribution in [0, 0.1) is 11.7 Å². The molecule has 2 atom stereocenters. The second-order valence-corrected chi connectivity index (χ2v) is 5.57. The van der Waals surface area contributed by atoms with Gasteiger partial charge in [-0.1, -0.05) is 17.7 Å². The zero-order chi connectivity index (χ0) is 13.4. The summed E-state index contributed by atoms with van der Waals surface area (Å²) in [5.74, 6) is -0.289. The molecule has 0 unspecified atom stereocenters. The minimum atomic E-state index is -0.298. The molecular weight excluding hydrogens is 267 g/mol. The van der Waals surface area contributed by atoms with Crippen molar-refractivity contribution < 1.29 is 9.18 Å². The van der Waals surface area contributed by atoms with Crippen LogP contribution in [0.3, 0.4) is 0 Å². The largest absolute Gasteiger partial charge is 0.340 e. The Bertz CT molecular complexity index is 482. The summed E-state index contributed by atoms with van der Waals surface area (Å²) < 4.78 is 13.8. The summed E-state index contributed by atoms with van der Waals surface area (Å²) in [6.07, 6.45) is 0.712. The molecule has 2 fully saturated rings. The van der Waals surface area contributed by atoms with Crippen molar-refractivity contribution in [1.82, 2.24) is 10.2 Å². The van der Waals surface area contributed by atoms with Crippen molar-refractivity contribution in [2.24, 2.45) is 5.92 Å². The third kappa shape index (κ3) is 2.47. The normalized spacial score (nSPS) is 26.3. The first-order valence-electron chi connectivity index (χ1n) is 6.62. The van der Waals surface area contributed by atoms with Gasteiger partial charge in [-0.15, -0.1) is 0 Å². The molecular formula is C14H16ClFN2O. The van der Waals surface area contributed by atoms with E-state index in [-0.39, 0.29) is 23.6 Å². The van der Waals surface area contributed by atoms with Gasteiger partial charge < -0.3 is 10.2 Å². The molecule has 2 aliphatic rings. The topological polar surface area (TPSA) is 32.3 Å². The summed E-state index contributed by atoms with van der Waals surface area (Å²) in [6, 6.07) is 4.69. The fraction of sp³-hybridized carbons (Fsp3) is 0.500. The Morgan fingerprint density at radius 1 is 1.37 bits per heavy atom. The van der Waals surface area contributed by atoms with Crippen LogP contribution in [0.4, 0.5) is 4.39 Å². The Morgan fingerprint density at radius 2 is 2.11 bits per heavy atom. The van der Waals surface area contributed by atoms with Gasteiger partial charge in [-0.3, -0.25) is 4.79 Å². The Labute approximate surface area is 116 Å². The van der Waals surface area contributed by atoms with E-state index < -0.39 is 0 Å². The molecule has 0 radical (unpaired) electrons. The first-order chi connectivity index (χ1) is 9.18. The van der Waals surface area contributed by atoms with Gasteiger partial charge in [0.1, 0.15) is 5.82 Å². The number of halogens is 2. The first kappa shape index (κ1) is 12.9. The lowest BCUT2D eigenvalue weighted by Crippen LogP contribution is -2.47. The molecule has 1 aromatic carbocycles. The molecule has 1 aromatic rings. The van der Waals surface area contributed by atoms with Crippen molar-refractivity contribution >= 4 is 17.5 Å². The molecule has 1 saturated heterocycles. The fourth-order valence-corrected chi connectivity index (χ4v) is 3.07. The van der Waals surface area contributed by atoms with Crippen LogP contribution in [0.2, 0.25) is 5.02 Å². The SMILES string of the molecule is O=C([C@H]1C[C@@H]1c1c(F)cccc1Cl)N1CCNCC1. The molecule has 0 spiro atoms. The molecule has 1 aliphatic heterocycles. The van der Waals surface area contributed by atoms with Crippen molar-refractivity contribution in [1.29, 1.82) is 0 Å². The van der Waals surface area contributed by atoms with Gasteiger partial charge in [-0.2, -0.15) is 0 Å². The number of carbonyl (C=O) groups excluding carboxylic acids is 1.